The summed E-state index contributed by atoms with van der Waals surface area (Å²) in [6, 6.07) is 9.20. The molecule has 0 aliphatic carbocycles. The van der Waals surface area contributed by atoms with Crippen molar-refractivity contribution in [2.24, 2.45) is 5.92 Å². The monoisotopic (exact) mass is 459 g/mol. The molecule has 1 aliphatic heterocycles. The second kappa shape index (κ2) is 8.70. The average Bonchev–Trinajstić information content (AvgIpc) is 3.03. The van der Waals surface area contributed by atoms with Gasteiger partial charge in [-0.2, -0.15) is 0 Å². The quantitative estimate of drug-likeness (QED) is 0.461. The van der Waals surface area contributed by atoms with Gasteiger partial charge in [0.25, 0.3) is 0 Å². The molecule has 1 amide bonds. The SMILES string of the molecule is O=C(COC(=O)[C@@H]1CC(=O)N(c2ccc(Cl)c(Cl)c2)C1)c1ccc(Cl)cc1Cl. The molecule has 0 aromatic heterocycles. The van der Waals surface area contributed by atoms with Crippen molar-refractivity contribution < 1.29 is 19.1 Å². The maximum atomic E-state index is 12.3. The van der Waals surface area contributed by atoms with Crippen molar-refractivity contribution in [3.8, 4) is 0 Å². The number of amides is 1. The lowest BCUT2D eigenvalue weighted by atomic mass is 10.1. The third-order valence-electron chi connectivity index (χ3n) is 4.25. The molecule has 2 aromatic carbocycles. The Kier molecular flexibility index (Phi) is 6.50. The summed E-state index contributed by atoms with van der Waals surface area (Å²) in [5, 5.41) is 1.25. The topological polar surface area (TPSA) is 63.7 Å². The van der Waals surface area contributed by atoms with Crippen molar-refractivity contribution >= 4 is 69.8 Å². The van der Waals surface area contributed by atoms with Gasteiger partial charge in [0.1, 0.15) is 0 Å². The van der Waals surface area contributed by atoms with Crippen LogP contribution in [0.4, 0.5) is 5.69 Å². The third-order valence-corrected chi connectivity index (χ3v) is 5.54. The highest BCUT2D eigenvalue weighted by atomic mass is 35.5. The van der Waals surface area contributed by atoms with Crippen LogP contribution in [-0.4, -0.2) is 30.8 Å². The van der Waals surface area contributed by atoms with Crippen molar-refractivity contribution in [1.29, 1.82) is 0 Å². The number of benzene rings is 2. The summed E-state index contributed by atoms with van der Waals surface area (Å²) in [6.45, 7) is -0.344. The number of rotatable bonds is 5. The van der Waals surface area contributed by atoms with Gasteiger partial charge in [-0.05, 0) is 36.4 Å². The van der Waals surface area contributed by atoms with Crippen molar-refractivity contribution in [2.45, 2.75) is 6.42 Å². The van der Waals surface area contributed by atoms with E-state index in [2.05, 4.69) is 0 Å². The molecule has 2 aromatic rings. The molecule has 1 saturated heterocycles. The van der Waals surface area contributed by atoms with Crippen molar-refractivity contribution in [1.82, 2.24) is 0 Å². The van der Waals surface area contributed by atoms with E-state index in [0.717, 1.165) is 0 Å². The minimum absolute atomic E-state index is 0.0189. The number of anilines is 1. The number of carbonyl (C=O) groups is 3. The number of hydrogen-bond donors (Lipinski definition) is 0. The van der Waals surface area contributed by atoms with E-state index in [1.807, 2.05) is 0 Å². The Morgan fingerprint density at radius 3 is 2.43 bits per heavy atom. The number of halogens is 4. The zero-order valence-corrected chi connectivity index (χ0v) is 17.3. The molecule has 0 unspecified atom stereocenters. The van der Waals surface area contributed by atoms with Gasteiger partial charge in [0.2, 0.25) is 11.7 Å². The van der Waals surface area contributed by atoms with Crippen LogP contribution in [0.25, 0.3) is 0 Å². The number of Topliss-reactive ketones (excluding diaryl/α,β-unsaturated/α-hetero) is 1. The van der Waals surface area contributed by atoms with Crippen LogP contribution in [0.2, 0.25) is 20.1 Å². The highest BCUT2D eigenvalue weighted by molar-refractivity contribution is 6.42. The normalized spacial score (nSPS) is 16.4. The van der Waals surface area contributed by atoms with Gasteiger partial charge in [0.05, 0.1) is 21.0 Å². The van der Waals surface area contributed by atoms with Crippen LogP contribution >= 0.6 is 46.4 Å². The molecule has 0 N–H and O–H groups in total. The Bertz CT molecular complexity index is 963. The number of ether oxygens (including phenoxy) is 1. The fourth-order valence-electron chi connectivity index (χ4n) is 2.82. The largest absolute Gasteiger partial charge is 0.457 e. The van der Waals surface area contributed by atoms with Crippen LogP contribution in [-0.2, 0) is 14.3 Å². The van der Waals surface area contributed by atoms with Gasteiger partial charge < -0.3 is 9.64 Å². The predicted octanol–water partition coefficient (Wildman–Crippen LogP) is 5.08. The fourth-order valence-corrected chi connectivity index (χ4v) is 3.62. The van der Waals surface area contributed by atoms with E-state index in [9.17, 15) is 14.4 Å². The predicted molar refractivity (Wildman–Crippen MR) is 109 cm³/mol. The number of carbonyl (C=O) groups excluding carboxylic acids is 3. The van der Waals surface area contributed by atoms with Crippen LogP contribution in [0.1, 0.15) is 16.8 Å². The van der Waals surface area contributed by atoms with Crippen molar-refractivity contribution in [3.05, 3.63) is 62.1 Å². The number of hydrogen-bond acceptors (Lipinski definition) is 4. The third kappa shape index (κ3) is 4.61. The lowest BCUT2D eigenvalue weighted by molar-refractivity contribution is -0.147. The second-order valence-electron chi connectivity index (χ2n) is 6.16. The molecule has 5 nitrogen and oxygen atoms in total. The van der Waals surface area contributed by atoms with Gasteiger partial charge in [-0.3, -0.25) is 14.4 Å². The summed E-state index contributed by atoms with van der Waals surface area (Å²) < 4.78 is 5.10. The zero-order chi connectivity index (χ0) is 20.4. The number of ketones is 1. The molecular weight excluding hydrogens is 448 g/mol. The van der Waals surface area contributed by atoms with Gasteiger partial charge in [0, 0.05) is 29.2 Å². The number of nitrogens with zero attached hydrogens (tertiary/aromatic N) is 1. The summed E-state index contributed by atoms with van der Waals surface area (Å²) in [6.07, 6.45) is -0.0189. The Balaban J connectivity index is 1.61. The van der Waals surface area contributed by atoms with Gasteiger partial charge >= 0.3 is 5.97 Å². The molecule has 0 bridgehead atoms. The van der Waals surface area contributed by atoms with E-state index in [-0.39, 0.29) is 29.5 Å². The van der Waals surface area contributed by atoms with E-state index < -0.39 is 24.3 Å². The molecule has 0 spiro atoms. The Labute approximate surface area is 181 Å². The van der Waals surface area contributed by atoms with Gasteiger partial charge in [0.15, 0.2) is 6.61 Å². The molecule has 28 heavy (non-hydrogen) atoms. The maximum absolute atomic E-state index is 12.3. The molecule has 0 radical (unpaired) electrons. The van der Waals surface area contributed by atoms with E-state index in [0.29, 0.717) is 20.8 Å². The van der Waals surface area contributed by atoms with Crippen LogP contribution in [0, 0.1) is 5.92 Å². The molecule has 146 valence electrons. The van der Waals surface area contributed by atoms with E-state index in [1.165, 1.54) is 23.1 Å². The lowest BCUT2D eigenvalue weighted by Gasteiger charge is -2.17. The minimum atomic E-state index is -0.685. The molecule has 1 heterocycles. The summed E-state index contributed by atoms with van der Waals surface area (Å²) in [4.78, 5) is 38.2. The van der Waals surface area contributed by atoms with E-state index in [4.69, 9.17) is 51.1 Å². The lowest BCUT2D eigenvalue weighted by Crippen LogP contribution is -2.27. The van der Waals surface area contributed by atoms with E-state index >= 15 is 0 Å². The molecule has 1 atom stereocenters. The molecule has 1 aliphatic rings. The highest BCUT2D eigenvalue weighted by Crippen LogP contribution is 2.31. The van der Waals surface area contributed by atoms with Gasteiger partial charge in [-0.25, -0.2) is 0 Å². The molecule has 1 fully saturated rings. The van der Waals surface area contributed by atoms with Crippen LogP contribution < -0.4 is 4.90 Å². The standard InChI is InChI=1S/C19H13Cl4NO4/c20-11-1-3-13(15(22)6-11)17(25)9-28-19(27)10-5-18(26)24(8-10)12-2-4-14(21)16(23)7-12/h1-4,6-7,10H,5,8-9H2/t10-/m1/s1. The highest BCUT2D eigenvalue weighted by Gasteiger charge is 2.36. The molecule has 0 saturated carbocycles. The first-order valence-corrected chi connectivity index (χ1v) is 9.67. The summed E-state index contributed by atoms with van der Waals surface area (Å²) in [5.41, 5.74) is 0.748. The smallest absolute Gasteiger partial charge is 0.311 e. The first kappa shape index (κ1) is 20.9. The number of esters is 1. The maximum Gasteiger partial charge on any atom is 0.311 e. The Morgan fingerprint density at radius 2 is 1.75 bits per heavy atom. The zero-order valence-electron chi connectivity index (χ0n) is 14.3. The van der Waals surface area contributed by atoms with E-state index in [1.54, 1.807) is 18.2 Å². The van der Waals surface area contributed by atoms with Gasteiger partial charge in [-0.1, -0.05) is 46.4 Å². The summed E-state index contributed by atoms with van der Waals surface area (Å²) in [7, 11) is 0. The first-order valence-electron chi connectivity index (χ1n) is 8.16. The first-order chi connectivity index (χ1) is 13.3. The summed E-state index contributed by atoms with van der Waals surface area (Å²) in [5.74, 6) is -2.02. The second-order valence-corrected chi connectivity index (χ2v) is 7.82. The van der Waals surface area contributed by atoms with Crippen molar-refractivity contribution in [3.63, 3.8) is 0 Å². The van der Waals surface area contributed by atoms with Gasteiger partial charge in [-0.15, -0.1) is 0 Å². The average molecular weight is 461 g/mol. The van der Waals surface area contributed by atoms with Crippen LogP contribution in [0.3, 0.4) is 0 Å². The van der Waals surface area contributed by atoms with Crippen LogP contribution in [0.5, 0.6) is 0 Å². The Morgan fingerprint density at radius 1 is 1.00 bits per heavy atom. The fraction of sp³-hybridized carbons (Fsp3) is 0.211. The summed E-state index contributed by atoms with van der Waals surface area (Å²) >= 11 is 23.6. The van der Waals surface area contributed by atoms with Crippen LogP contribution in [0.15, 0.2) is 36.4 Å². The van der Waals surface area contributed by atoms with Crippen molar-refractivity contribution in [2.75, 3.05) is 18.1 Å². The molecular formula is C19H13Cl4NO4. The molecule has 9 heteroatoms. The minimum Gasteiger partial charge on any atom is -0.457 e. The molecule has 3 rings (SSSR count). The Hall–Kier alpha value is -1.79.